The molecule has 2 aliphatic rings. The maximum atomic E-state index is 14.2. The Labute approximate surface area is 235 Å². The van der Waals surface area contributed by atoms with Gasteiger partial charge in [0.05, 0.1) is 24.1 Å². The van der Waals surface area contributed by atoms with Crippen molar-refractivity contribution in [2.24, 2.45) is 5.92 Å². The first-order valence-electron chi connectivity index (χ1n) is 12.8. The molecule has 5 rings (SSSR count). The van der Waals surface area contributed by atoms with Crippen molar-refractivity contribution in [2.75, 3.05) is 11.5 Å². The molecule has 39 heavy (non-hydrogen) atoms. The SMILES string of the molecule is CCOC(=O)[C@@H](C1c2ccccc2C(=O)c2ccccc21)[C@H]1C(=O)N(C(=O)OC(C)(C)C)c2ccc(Br)cc21. The average Bonchev–Trinajstić information content (AvgIpc) is 3.16. The fourth-order valence-electron chi connectivity index (χ4n) is 5.56. The summed E-state index contributed by atoms with van der Waals surface area (Å²) in [5.74, 6) is -4.11. The molecule has 1 aliphatic heterocycles. The number of rotatable bonds is 4. The third kappa shape index (κ3) is 4.67. The lowest BCUT2D eigenvalue weighted by Crippen LogP contribution is -2.43. The number of halogens is 1. The molecule has 0 unspecified atom stereocenters. The van der Waals surface area contributed by atoms with Crippen molar-refractivity contribution >= 4 is 45.4 Å². The highest BCUT2D eigenvalue weighted by molar-refractivity contribution is 9.10. The Morgan fingerprint density at radius 3 is 2.05 bits per heavy atom. The number of nitrogens with zero attached hydrogens (tertiary/aromatic N) is 1. The van der Waals surface area contributed by atoms with E-state index in [1.54, 1.807) is 70.2 Å². The predicted octanol–water partition coefficient (Wildman–Crippen LogP) is 6.37. The molecule has 0 fully saturated rings. The maximum absolute atomic E-state index is 14.2. The Morgan fingerprint density at radius 2 is 1.49 bits per heavy atom. The number of amides is 2. The van der Waals surface area contributed by atoms with Gasteiger partial charge in [-0.1, -0.05) is 64.5 Å². The van der Waals surface area contributed by atoms with Gasteiger partial charge in [0.15, 0.2) is 5.78 Å². The number of benzene rings is 3. The summed E-state index contributed by atoms with van der Waals surface area (Å²) in [6.07, 6.45) is -0.819. The van der Waals surface area contributed by atoms with E-state index in [0.717, 1.165) is 4.90 Å². The molecule has 2 amide bonds. The molecule has 0 bridgehead atoms. The Bertz CT molecular complexity index is 1460. The molecular formula is C31H28BrNO6. The minimum atomic E-state index is -1.07. The van der Waals surface area contributed by atoms with Gasteiger partial charge in [-0.3, -0.25) is 14.4 Å². The molecular weight excluding hydrogens is 562 g/mol. The number of imide groups is 1. The molecule has 0 aromatic heterocycles. The van der Waals surface area contributed by atoms with Gasteiger partial charge in [-0.25, -0.2) is 9.69 Å². The summed E-state index contributed by atoms with van der Waals surface area (Å²) in [5.41, 5.74) is 2.24. The van der Waals surface area contributed by atoms with Gasteiger partial charge in [-0.15, -0.1) is 0 Å². The molecule has 1 heterocycles. The lowest BCUT2D eigenvalue weighted by molar-refractivity contribution is -0.151. The van der Waals surface area contributed by atoms with Crippen molar-refractivity contribution in [1.82, 2.24) is 0 Å². The minimum absolute atomic E-state index is 0.103. The van der Waals surface area contributed by atoms with Crippen LogP contribution in [0.25, 0.3) is 0 Å². The van der Waals surface area contributed by atoms with Crippen molar-refractivity contribution in [3.63, 3.8) is 0 Å². The van der Waals surface area contributed by atoms with Gasteiger partial charge in [-0.05, 0) is 62.6 Å². The van der Waals surface area contributed by atoms with Gasteiger partial charge in [0, 0.05) is 21.5 Å². The van der Waals surface area contributed by atoms with Crippen LogP contribution in [0.15, 0.2) is 71.2 Å². The number of ketones is 1. The van der Waals surface area contributed by atoms with Crippen molar-refractivity contribution < 1.29 is 28.7 Å². The normalized spacial score (nSPS) is 17.3. The van der Waals surface area contributed by atoms with E-state index < -0.39 is 41.3 Å². The van der Waals surface area contributed by atoms with Crippen LogP contribution in [-0.2, 0) is 19.1 Å². The highest BCUT2D eigenvalue weighted by Gasteiger charge is 2.53. The van der Waals surface area contributed by atoms with E-state index in [1.807, 2.05) is 24.3 Å². The van der Waals surface area contributed by atoms with E-state index in [-0.39, 0.29) is 12.4 Å². The summed E-state index contributed by atoms with van der Waals surface area (Å²) < 4.78 is 11.8. The maximum Gasteiger partial charge on any atom is 0.421 e. The Morgan fingerprint density at radius 1 is 0.897 bits per heavy atom. The van der Waals surface area contributed by atoms with E-state index in [2.05, 4.69) is 15.9 Å². The van der Waals surface area contributed by atoms with Crippen molar-refractivity contribution in [2.45, 2.75) is 45.1 Å². The average molecular weight is 590 g/mol. The number of esters is 1. The van der Waals surface area contributed by atoms with Gasteiger partial charge < -0.3 is 9.47 Å². The molecule has 0 N–H and O–H groups in total. The number of hydrogen-bond donors (Lipinski definition) is 0. The first-order chi connectivity index (χ1) is 18.5. The van der Waals surface area contributed by atoms with Crippen LogP contribution in [0.5, 0.6) is 0 Å². The van der Waals surface area contributed by atoms with E-state index in [0.29, 0.717) is 38.0 Å². The summed E-state index contributed by atoms with van der Waals surface area (Å²) in [4.78, 5) is 55.8. The molecule has 0 saturated heterocycles. The number of fused-ring (bicyclic) bond motifs is 3. The minimum Gasteiger partial charge on any atom is -0.466 e. The molecule has 1 aliphatic carbocycles. The zero-order chi connectivity index (χ0) is 28.1. The summed E-state index contributed by atoms with van der Waals surface area (Å²) in [6.45, 7) is 6.97. The smallest absolute Gasteiger partial charge is 0.421 e. The second kappa shape index (κ2) is 10.1. The van der Waals surface area contributed by atoms with Gasteiger partial charge in [0.25, 0.3) is 0 Å². The van der Waals surface area contributed by atoms with Gasteiger partial charge >= 0.3 is 12.1 Å². The second-order valence-electron chi connectivity index (χ2n) is 10.6. The molecule has 0 saturated carbocycles. The Balaban J connectivity index is 1.74. The molecule has 0 radical (unpaired) electrons. The topological polar surface area (TPSA) is 90.0 Å². The number of ether oxygens (including phenoxy) is 2. The number of hydrogen-bond acceptors (Lipinski definition) is 6. The highest BCUT2D eigenvalue weighted by atomic mass is 79.9. The lowest BCUT2D eigenvalue weighted by atomic mass is 9.67. The van der Waals surface area contributed by atoms with E-state index in [1.165, 1.54) is 0 Å². The fourth-order valence-corrected chi connectivity index (χ4v) is 5.94. The van der Waals surface area contributed by atoms with Crippen LogP contribution in [0.1, 0.15) is 72.1 Å². The Hall–Kier alpha value is -3.78. The Kier molecular flexibility index (Phi) is 6.93. The van der Waals surface area contributed by atoms with Crippen LogP contribution >= 0.6 is 15.9 Å². The van der Waals surface area contributed by atoms with Gasteiger partial charge in [0.2, 0.25) is 5.91 Å². The third-order valence-corrected chi connectivity index (χ3v) is 7.48. The van der Waals surface area contributed by atoms with Crippen LogP contribution in [0.2, 0.25) is 0 Å². The van der Waals surface area contributed by atoms with Crippen LogP contribution in [-0.4, -0.2) is 36.0 Å². The van der Waals surface area contributed by atoms with Crippen molar-refractivity contribution in [1.29, 1.82) is 0 Å². The highest BCUT2D eigenvalue weighted by Crippen LogP contribution is 2.51. The van der Waals surface area contributed by atoms with Gasteiger partial charge in [0.1, 0.15) is 5.60 Å². The molecule has 3 aromatic rings. The van der Waals surface area contributed by atoms with Gasteiger partial charge in [-0.2, -0.15) is 0 Å². The summed E-state index contributed by atoms with van der Waals surface area (Å²) in [7, 11) is 0. The largest absolute Gasteiger partial charge is 0.466 e. The van der Waals surface area contributed by atoms with Crippen LogP contribution in [0.4, 0.5) is 10.5 Å². The van der Waals surface area contributed by atoms with E-state index >= 15 is 0 Å². The van der Waals surface area contributed by atoms with E-state index in [9.17, 15) is 19.2 Å². The first-order valence-corrected chi connectivity index (χ1v) is 13.6. The molecule has 200 valence electrons. The number of carbonyl (C=O) groups is 4. The molecule has 2 atom stereocenters. The van der Waals surface area contributed by atoms with Crippen LogP contribution < -0.4 is 4.90 Å². The predicted molar refractivity (Wildman–Crippen MR) is 149 cm³/mol. The van der Waals surface area contributed by atoms with Crippen molar-refractivity contribution in [3.8, 4) is 0 Å². The van der Waals surface area contributed by atoms with Crippen LogP contribution in [0.3, 0.4) is 0 Å². The van der Waals surface area contributed by atoms with Crippen molar-refractivity contribution in [3.05, 3.63) is 99.0 Å². The quantitative estimate of drug-likeness (QED) is 0.328. The summed E-state index contributed by atoms with van der Waals surface area (Å²) >= 11 is 3.48. The molecule has 7 nitrogen and oxygen atoms in total. The third-order valence-electron chi connectivity index (χ3n) is 6.99. The lowest BCUT2D eigenvalue weighted by Gasteiger charge is -2.35. The first kappa shape index (κ1) is 26.8. The monoisotopic (exact) mass is 589 g/mol. The zero-order valence-electron chi connectivity index (χ0n) is 22.1. The molecule has 0 spiro atoms. The summed E-state index contributed by atoms with van der Waals surface area (Å²) in [5, 5.41) is 0. The second-order valence-corrected chi connectivity index (χ2v) is 11.5. The number of carbonyl (C=O) groups excluding carboxylic acids is 4. The van der Waals surface area contributed by atoms with E-state index in [4.69, 9.17) is 9.47 Å². The summed E-state index contributed by atoms with van der Waals surface area (Å²) in [6, 6.07) is 19.4. The molecule has 3 aromatic carbocycles. The number of anilines is 1. The fraction of sp³-hybridized carbons (Fsp3) is 0.290. The standard InChI is InChI=1S/C31H28BrNO6/c1-5-38-29(36)26(24-18-10-6-8-12-20(18)27(34)21-13-9-7-11-19(21)24)25-22-16-17(32)14-15-23(22)33(28(25)35)30(37)39-31(2,3)4/h6-16,24-26H,5H2,1-4H3/t25-,26-/m0/s1. The van der Waals surface area contributed by atoms with Crippen LogP contribution in [0, 0.1) is 5.92 Å². The molecule has 8 heteroatoms. The zero-order valence-corrected chi connectivity index (χ0v) is 23.7.